The van der Waals surface area contributed by atoms with Crippen LogP contribution in [0.2, 0.25) is 0 Å². The molecule has 144 valence electrons. The fourth-order valence-corrected chi connectivity index (χ4v) is 3.82. The van der Waals surface area contributed by atoms with Crippen LogP contribution in [-0.4, -0.2) is 38.7 Å². The second-order valence-electron chi connectivity index (χ2n) is 8.59. The van der Waals surface area contributed by atoms with Gasteiger partial charge in [0.1, 0.15) is 5.41 Å². The van der Waals surface area contributed by atoms with Gasteiger partial charge in [0, 0.05) is 25.0 Å². The molecule has 0 spiro atoms. The summed E-state index contributed by atoms with van der Waals surface area (Å²) < 4.78 is 5.86. The van der Waals surface area contributed by atoms with Crippen molar-refractivity contribution in [1.29, 1.82) is 0 Å². The predicted octanol–water partition coefficient (Wildman–Crippen LogP) is 2.68. The molecule has 1 amide bonds. The van der Waals surface area contributed by atoms with E-state index in [9.17, 15) is 4.79 Å². The first-order valence-corrected chi connectivity index (χ1v) is 9.58. The lowest BCUT2D eigenvalue weighted by Crippen LogP contribution is -2.32. The van der Waals surface area contributed by atoms with E-state index in [4.69, 9.17) is 4.42 Å². The van der Waals surface area contributed by atoms with Gasteiger partial charge in [-0.15, -0.1) is 10.2 Å². The van der Waals surface area contributed by atoms with Crippen molar-refractivity contribution in [3.63, 3.8) is 0 Å². The van der Waals surface area contributed by atoms with Crippen molar-refractivity contribution in [3.05, 3.63) is 18.3 Å². The van der Waals surface area contributed by atoms with E-state index < -0.39 is 5.41 Å². The number of anilines is 1. The van der Waals surface area contributed by atoms with Crippen LogP contribution >= 0.6 is 0 Å². The summed E-state index contributed by atoms with van der Waals surface area (Å²) in [6.45, 7) is 7.07. The van der Waals surface area contributed by atoms with Crippen LogP contribution < -0.4 is 10.6 Å². The van der Waals surface area contributed by atoms with Crippen LogP contribution in [0.25, 0.3) is 11.6 Å². The van der Waals surface area contributed by atoms with Crippen LogP contribution in [-0.2, 0) is 10.2 Å². The van der Waals surface area contributed by atoms with Gasteiger partial charge in [0.05, 0.1) is 0 Å². The lowest BCUT2D eigenvalue weighted by atomic mass is 9.75. The number of hydrogen-bond acceptors (Lipinski definition) is 7. The Morgan fingerprint density at radius 1 is 1.11 bits per heavy atom. The van der Waals surface area contributed by atoms with Gasteiger partial charge in [0.25, 0.3) is 5.89 Å². The molecule has 3 heterocycles. The molecule has 0 aromatic carbocycles. The van der Waals surface area contributed by atoms with Gasteiger partial charge in [-0.1, -0.05) is 13.8 Å². The molecule has 0 bridgehead atoms. The highest BCUT2D eigenvalue weighted by Crippen LogP contribution is 2.37. The maximum atomic E-state index is 12.1. The topological polar surface area (TPSA) is 106 Å². The summed E-state index contributed by atoms with van der Waals surface area (Å²) in [6.07, 6.45) is 8.44. The summed E-state index contributed by atoms with van der Waals surface area (Å²) >= 11 is 0. The number of rotatable bonds is 4. The zero-order valence-corrected chi connectivity index (χ0v) is 16.1. The van der Waals surface area contributed by atoms with Gasteiger partial charge in [0.2, 0.25) is 11.8 Å². The van der Waals surface area contributed by atoms with Gasteiger partial charge in [-0.05, 0) is 44.4 Å². The minimum absolute atomic E-state index is 0.0833. The molecule has 0 radical (unpaired) electrons. The number of aromatic nitrogens is 4. The number of carbonyl (C=O) groups is 1. The van der Waals surface area contributed by atoms with Gasteiger partial charge in [-0.2, -0.15) is 0 Å². The highest BCUT2D eigenvalue weighted by Gasteiger charge is 2.44. The first-order chi connectivity index (χ1) is 12.9. The molecule has 0 unspecified atom stereocenters. The summed E-state index contributed by atoms with van der Waals surface area (Å²) in [5.41, 5.74) is 0.154. The van der Waals surface area contributed by atoms with Crippen molar-refractivity contribution in [2.24, 2.45) is 5.41 Å². The Kier molecular flexibility index (Phi) is 4.36. The molecular weight excluding hydrogens is 344 g/mol. The fraction of sp³-hybridized carbons (Fsp3) is 0.632. The third kappa shape index (κ3) is 3.40. The third-order valence-corrected chi connectivity index (χ3v) is 5.89. The van der Waals surface area contributed by atoms with Crippen molar-refractivity contribution >= 4 is 11.7 Å². The molecule has 27 heavy (non-hydrogen) atoms. The normalized spacial score (nSPS) is 25.4. The summed E-state index contributed by atoms with van der Waals surface area (Å²) in [5.74, 6) is 1.18. The Labute approximate surface area is 158 Å². The van der Waals surface area contributed by atoms with E-state index in [-0.39, 0.29) is 11.8 Å². The monoisotopic (exact) mass is 370 g/mol. The maximum absolute atomic E-state index is 12.1. The van der Waals surface area contributed by atoms with Gasteiger partial charge in [-0.25, -0.2) is 9.97 Å². The Morgan fingerprint density at radius 2 is 1.85 bits per heavy atom. The molecular formula is C19H26N6O2. The lowest BCUT2D eigenvalue weighted by molar-refractivity contribution is -0.124. The summed E-state index contributed by atoms with van der Waals surface area (Å²) in [5, 5.41) is 14.6. The molecule has 1 aliphatic carbocycles. The van der Waals surface area contributed by atoms with Gasteiger partial charge < -0.3 is 15.1 Å². The summed E-state index contributed by atoms with van der Waals surface area (Å²) in [6, 6.07) is 0.356. The van der Waals surface area contributed by atoms with E-state index in [1.54, 1.807) is 12.4 Å². The van der Waals surface area contributed by atoms with Gasteiger partial charge >= 0.3 is 0 Å². The summed E-state index contributed by atoms with van der Waals surface area (Å²) in [4.78, 5) is 21.0. The van der Waals surface area contributed by atoms with Crippen molar-refractivity contribution in [2.45, 2.75) is 64.3 Å². The highest BCUT2D eigenvalue weighted by atomic mass is 16.4. The number of nitrogens with one attached hydrogen (secondary N) is 2. The molecule has 4 rings (SSSR count). The van der Waals surface area contributed by atoms with Crippen molar-refractivity contribution in [2.75, 3.05) is 11.9 Å². The van der Waals surface area contributed by atoms with Crippen LogP contribution in [0.4, 0.5) is 5.82 Å². The van der Waals surface area contributed by atoms with Crippen LogP contribution in [0.15, 0.2) is 16.8 Å². The second-order valence-corrected chi connectivity index (χ2v) is 8.59. The van der Waals surface area contributed by atoms with Crippen molar-refractivity contribution in [3.8, 4) is 11.6 Å². The van der Waals surface area contributed by atoms with Crippen LogP contribution in [0.5, 0.6) is 0 Å². The average Bonchev–Trinajstić information content (AvgIpc) is 3.26. The van der Waals surface area contributed by atoms with E-state index >= 15 is 0 Å². The standard InChI is InChI=1S/C19H26N6O2/c1-18(2)6-4-12(5-7-18)23-14-13(20-10-11-21-14)15-24-25-17(27-15)19(3)8-9-22-16(19)26/h10-12H,4-9H2,1-3H3,(H,21,23)(H,22,26)/t19-/m0/s1. The van der Waals surface area contributed by atoms with E-state index in [1.165, 1.54) is 12.8 Å². The number of hydrogen-bond donors (Lipinski definition) is 2. The average molecular weight is 370 g/mol. The second kappa shape index (κ2) is 6.58. The molecule has 1 saturated carbocycles. The zero-order valence-electron chi connectivity index (χ0n) is 16.1. The van der Waals surface area contributed by atoms with Crippen molar-refractivity contribution < 1.29 is 9.21 Å². The SMILES string of the molecule is CC1(C)CCC(Nc2nccnc2-c2nnc([C@@]3(C)CCNC3=O)o2)CC1. The summed E-state index contributed by atoms with van der Waals surface area (Å²) in [7, 11) is 0. The maximum Gasteiger partial charge on any atom is 0.270 e. The smallest absolute Gasteiger partial charge is 0.270 e. The zero-order chi connectivity index (χ0) is 19.1. The van der Waals surface area contributed by atoms with Crippen LogP contribution in [0.3, 0.4) is 0 Å². The Balaban J connectivity index is 1.56. The van der Waals surface area contributed by atoms with Gasteiger partial charge in [0.15, 0.2) is 11.5 Å². The molecule has 2 aliphatic rings. The van der Waals surface area contributed by atoms with E-state index in [1.807, 2.05) is 6.92 Å². The van der Waals surface area contributed by atoms with E-state index in [0.717, 1.165) is 12.8 Å². The lowest BCUT2D eigenvalue weighted by Gasteiger charge is -2.34. The van der Waals surface area contributed by atoms with Crippen LogP contribution in [0, 0.1) is 5.41 Å². The quantitative estimate of drug-likeness (QED) is 0.852. The largest absolute Gasteiger partial charge is 0.418 e. The Bertz CT molecular complexity index is 838. The minimum atomic E-state index is -0.782. The molecule has 1 aliphatic heterocycles. The first-order valence-electron chi connectivity index (χ1n) is 9.58. The Morgan fingerprint density at radius 3 is 2.56 bits per heavy atom. The molecule has 2 aromatic heterocycles. The molecule has 2 fully saturated rings. The molecule has 1 atom stereocenters. The Hall–Kier alpha value is -2.51. The highest BCUT2D eigenvalue weighted by molar-refractivity contribution is 5.88. The molecule has 2 aromatic rings. The molecule has 8 heteroatoms. The fourth-order valence-electron chi connectivity index (χ4n) is 3.82. The predicted molar refractivity (Wildman–Crippen MR) is 100.0 cm³/mol. The van der Waals surface area contributed by atoms with Crippen molar-refractivity contribution in [1.82, 2.24) is 25.5 Å². The number of carbonyl (C=O) groups excluding carboxylic acids is 1. The molecule has 1 saturated heterocycles. The van der Waals surface area contributed by atoms with E-state index in [2.05, 4.69) is 44.6 Å². The van der Waals surface area contributed by atoms with E-state index in [0.29, 0.717) is 41.8 Å². The molecule has 8 nitrogen and oxygen atoms in total. The minimum Gasteiger partial charge on any atom is -0.418 e. The van der Waals surface area contributed by atoms with Gasteiger partial charge in [-0.3, -0.25) is 4.79 Å². The third-order valence-electron chi connectivity index (χ3n) is 5.89. The number of nitrogens with zero attached hydrogens (tertiary/aromatic N) is 4. The molecule has 2 N–H and O–H groups in total. The number of amides is 1. The first kappa shape index (κ1) is 17.9. The van der Waals surface area contributed by atoms with Crippen LogP contribution in [0.1, 0.15) is 58.8 Å².